The number of halogens is 1. The van der Waals surface area contributed by atoms with Crippen LogP contribution in [0.25, 0.3) is 6.08 Å². The topological polar surface area (TPSA) is 72.6 Å². The number of carbonyl (C=O) groups excluding carboxylic acids is 2. The van der Waals surface area contributed by atoms with Crippen molar-refractivity contribution >= 4 is 35.2 Å². The highest BCUT2D eigenvalue weighted by Crippen LogP contribution is 2.35. The van der Waals surface area contributed by atoms with Crippen LogP contribution >= 0.6 is 11.6 Å². The lowest BCUT2D eigenvalue weighted by Crippen LogP contribution is -2.47. The summed E-state index contributed by atoms with van der Waals surface area (Å²) in [5.74, 6) is -0.126. The van der Waals surface area contributed by atoms with Crippen molar-refractivity contribution in [2.45, 2.75) is 12.5 Å². The van der Waals surface area contributed by atoms with Crippen LogP contribution in [0, 0.1) is 0 Å². The van der Waals surface area contributed by atoms with Gasteiger partial charge in [-0.3, -0.25) is 14.5 Å². The van der Waals surface area contributed by atoms with Gasteiger partial charge in [0, 0.05) is 22.7 Å². The third kappa shape index (κ3) is 2.66. The molecule has 2 aromatic rings. The van der Waals surface area contributed by atoms with Gasteiger partial charge in [0.05, 0.1) is 5.57 Å². The third-order valence-electron chi connectivity index (χ3n) is 4.48. The number of nitrogens with two attached hydrogens (primary N) is 1. The molecule has 0 radical (unpaired) electrons. The predicted octanol–water partition coefficient (Wildman–Crippen LogP) is 2.56. The number of ether oxygens (including phenoxy) is 1. The molecule has 0 aromatic heterocycles. The minimum atomic E-state index is -0.688. The molecule has 0 saturated carbocycles. The summed E-state index contributed by atoms with van der Waals surface area (Å²) in [7, 11) is 0. The predicted molar refractivity (Wildman–Crippen MR) is 95.5 cm³/mol. The van der Waals surface area contributed by atoms with E-state index in [4.69, 9.17) is 22.1 Å². The van der Waals surface area contributed by atoms with Gasteiger partial charge in [-0.05, 0) is 35.9 Å². The van der Waals surface area contributed by atoms with Crippen molar-refractivity contribution in [3.63, 3.8) is 0 Å². The molecular formula is C19H15ClN2O3. The first-order valence-electron chi connectivity index (χ1n) is 7.88. The van der Waals surface area contributed by atoms with E-state index in [1.165, 1.54) is 4.90 Å². The molecule has 6 heteroatoms. The van der Waals surface area contributed by atoms with E-state index in [0.717, 1.165) is 11.1 Å². The molecule has 0 aliphatic carbocycles. The fourth-order valence-corrected chi connectivity index (χ4v) is 3.47. The maximum atomic E-state index is 13.1. The monoisotopic (exact) mass is 354 g/mol. The van der Waals surface area contributed by atoms with Crippen LogP contribution in [0.15, 0.2) is 48.0 Å². The maximum absolute atomic E-state index is 13.1. The van der Waals surface area contributed by atoms with Gasteiger partial charge >= 0.3 is 0 Å². The number of primary amides is 1. The molecule has 126 valence electrons. The number of benzene rings is 2. The Morgan fingerprint density at radius 3 is 2.80 bits per heavy atom. The van der Waals surface area contributed by atoms with Crippen LogP contribution in [0.1, 0.15) is 11.1 Å². The van der Waals surface area contributed by atoms with Gasteiger partial charge in [0.2, 0.25) is 5.91 Å². The van der Waals surface area contributed by atoms with E-state index >= 15 is 0 Å². The zero-order valence-electron chi connectivity index (χ0n) is 13.2. The Morgan fingerprint density at radius 1 is 1.20 bits per heavy atom. The first kappa shape index (κ1) is 15.7. The van der Waals surface area contributed by atoms with E-state index < -0.39 is 11.9 Å². The zero-order chi connectivity index (χ0) is 17.6. The van der Waals surface area contributed by atoms with E-state index in [9.17, 15) is 9.59 Å². The van der Waals surface area contributed by atoms with Crippen LogP contribution in [-0.2, 0) is 16.0 Å². The van der Waals surface area contributed by atoms with Gasteiger partial charge in [0.25, 0.3) is 5.91 Å². The number of hydrogen-bond donors (Lipinski definition) is 1. The molecule has 2 amide bonds. The summed E-state index contributed by atoms with van der Waals surface area (Å²) in [6.07, 6.45) is 2.18. The molecule has 4 rings (SSSR count). The highest BCUT2D eigenvalue weighted by atomic mass is 35.5. The van der Waals surface area contributed by atoms with E-state index in [1.807, 2.05) is 24.3 Å². The molecule has 25 heavy (non-hydrogen) atoms. The molecule has 2 N–H and O–H groups in total. The van der Waals surface area contributed by atoms with E-state index in [0.29, 0.717) is 28.5 Å². The number of anilines is 1. The van der Waals surface area contributed by atoms with Crippen LogP contribution in [0.3, 0.4) is 0 Å². The summed E-state index contributed by atoms with van der Waals surface area (Å²) in [6.45, 7) is 0.137. The summed E-state index contributed by atoms with van der Waals surface area (Å²) in [5, 5.41) is 0.564. The molecule has 0 bridgehead atoms. The number of nitrogens with zero attached hydrogens (tertiary/aromatic N) is 1. The summed E-state index contributed by atoms with van der Waals surface area (Å²) in [4.78, 5) is 26.5. The van der Waals surface area contributed by atoms with Gasteiger partial charge in [-0.1, -0.05) is 29.8 Å². The molecule has 2 aliphatic heterocycles. The van der Waals surface area contributed by atoms with Crippen LogP contribution in [-0.4, -0.2) is 24.5 Å². The molecule has 2 aromatic carbocycles. The average molecular weight is 355 g/mol. The summed E-state index contributed by atoms with van der Waals surface area (Å²) >= 11 is 6.02. The van der Waals surface area contributed by atoms with Crippen LogP contribution in [0.4, 0.5) is 5.69 Å². The first-order chi connectivity index (χ1) is 12.0. The largest absolute Gasteiger partial charge is 0.488 e. The summed E-state index contributed by atoms with van der Waals surface area (Å²) < 4.78 is 5.66. The second-order valence-electron chi connectivity index (χ2n) is 6.07. The standard InChI is InChI=1S/C19H15ClN2O3/c20-14-5-6-17-12(8-14)7-13(10-25-17)19(24)22-15-4-2-1-3-11(15)9-16(22)18(21)23/h1-8,16H,9-10H2,(H2,21,23)/t16-/m0/s1. The van der Waals surface area contributed by atoms with Crippen LogP contribution < -0.4 is 15.4 Å². The Kier molecular flexibility index (Phi) is 3.73. The molecule has 1 atom stereocenters. The van der Waals surface area contributed by atoms with Crippen molar-refractivity contribution in [2.75, 3.05) is 11.5 Å². The fraction of sp³-hybridized carbons (Fsp3) is 0.158. The Hall–Kier alpha value is -2.79. The van der Waals surface area contributed by atoms with Crippen molar-refractivity contribution in [2.24, 2.45) is 5.73 Å². The second kappa shape index (κ2) is 5.93. The number of para-hydroxylation sites is 1. The quantitative estimate of drug-likeness (QED) is 0.900. The van der Waals surface area contributed by atoms with Crippen molar-refractivity contribution in [1.82, 2.24) is 0 Å². The normalized spacial score (nSPS) is 18.0. The van der Waals surface area contributed by atoms with E-state index in [-0.39, 0.29) is 12.5 Å². The lowest BCUT2D eigenvalue weighted by Gasteiger charge is -2.26. The SMILES string of the molecule is NC(=O)[C@@H]1Cc2ccccc2N1C(=O)C1=Cc2cc(Cl)ccc2OC1. The van der Waals surface area contributed by atoms with E-state index in [1.54, 1.807) is 24.3 Å². The molecule has 2 heterocycles. The number of carbonyl (C=O) groups is 2. The minimum absolute atomic E-state index is 0.137. The first-order valence-corrected chi connectivity index (χ1v) is 8.26. The maximum Gasteiger partial charge on any atom is 0.258 e. The van der Waals surface area contributed by atoms with Gasteiger partial charge in [0.15, 0.2) is 0 Å². The number of fused-ring (bicyclic) bond motifs is 2. The smallest absolute Gasteiger partial charge is 0.258 e. The van der Waals surface area contributed by atoms with Gasteiger partial charge < -0.3 is 10.5 Å². The average Bonchev–Trinajstić information content (AvgIpc) is 3.00. The summed E-state index contributed by atoms with van der Waals surface area (Å²) in [5.41, 5.74) is 8.38. The van der Waals surface area contributed by atoms with Crippen molar-refractivity contribution in [3.05, 3.63) is 64.2 Å². The molecule has 0 fully saturated rings. The van der Waals surface area contributed by atoms with Gasteiger partial charge in [-0.2, -0.15) is 0 Å². The molecule has 0 unspecified atom stereocenters. The highest BCUT2D eigenvalue weighted by Gasteiger charge is 2.38. The molecule has 0 saturated heterocycles. The molecular weight excluding hydrogens is 340 g/mol. The van der Waals surface area contributed by atoms with Crippen molar-refractivity contribution in [1.29, 1.82) is 0 Å². The third-order valence-corrected chi connectivity index (χ3v) is 4.72. The zero-order valence-corrected chi connectivity index (χ0v) is 14.0. The highest BCUT2D eigenvalue weighted by molar-refractivity contribution is 6.30. The molecule has 0 spiro atoms. The minimum Gasteiger partial charge on any atom is -0.488 e. The van der Waals surface area contributed by atoms with Gasteiger partial charge in [0.1, 0.15) is 18.4 Å². The summed E-state index contributed by atoms with van der Waals surface area (Å²) in [6, 6.07) is 12.0. The van der Waals surface area contributed by atoms with Crippen LogP contribution in [0.2, 0.25) is 5.02 Å². The number of rotatable bonds is 2. The number of hydrogen-bond acceptors (Lipinski definition) is 3. The number of amides is 2. The molecule has 5 nitrogen and oxygen atoms in total. The molecule has 2 aliphatic rings. The lowest BCUT2D eigenvalue weighted by molar-refractivity contribution is -0.122. The Morgan fingerprint density at radius 2 is 2.00 bits per heavy atom. The Balaban J connectivity index is 1.74. The fourth-order valence-electron chi connectivity index (χ4n) is 3.29. The lowest BCUT2D eigenvalue weighted by atomic mass is 10.1. The Labute approximate surface area is 149 Å². The van der Waals surface area contributed by atoms with Crippen molar-refractivity contribution in [3.8, 4) is 5.75 Å². The van der Waals surface area contributed by atoms with Gasteiger partial charge in [-0.25, -0.2) is 0 Å². The van der Waals surface area contributed by atoms with Crippen LogP contribution in [0.5, 0.6) is 5.75 Å². The second-order valence-corrected chi connectivity index (χ2v) is 6.50. The Bertz CT molecular complexity index is 923. The van der Waals surface area contributed by atoms with E-state index in [2.05, 4.69) is 0 Å². The van der Waals surface area contributed by atoms with Crippen molar-refractivity contribution < 1.29 is 14.3 Å². The van der Waals surface area contributed by atoms with Gasteiger partial charge in [-0.15, -0.1) is 0 Å².